The molecule has 4 fully saturated rings. The summed E-state index contributed by atoms with van der Waals surface area (Å²) in [7, 11) is 6.32. The molecule has 10 rings (SSSR count). The fourth-order valence-corrected chi connectivity index (χ4v) is 12.5. The molecule has 5 aliphatic heterocycles. The Morgan fingerprint density at radius 3 is 2.15 bits per heavy atom. The Hall–Kier alpha value is -7.86. The van der Waals surface area contributed by atoms with Crippen molar-refractivity contribution in [3.8, 4) is 11.5 Å². The van der Waals surface area contributed by atoms with Gasteiger partial charge in [0.1, 0.15) is 73.5 Å². The van der Waals surface area contributed by atoms with Gasteiger partial charge in [0.15, 0.2) is 0 Å². The lowest BCUT2D eigenvalue weighted by Gasteiger charge is -2.46. The van der Waals surface area contributed by atoms with E-state index in [4.69, 9.17) is 23.7 Å². The number of benzene rings is 5. The van der Waals surface area contributed by atoms with Gasteiger partial charge in [-0.2, -0.15) is 0 Å². The zero-order valence-corrected chi connectivity index (χ0v) is 44.0. The minimum Gasteiger partial charge on any atom is -0.491 e. The molecule has 5 heterocycles. The summed E-state index contributed by atoms with van der Waals surface area (Å²) in [5.41, 5.74) is 2.06. The number of fused-ring (bicyclic) bond motifs is 4. The van der Waals surface area contributed by atoms with Crippen LogP contribution in [0.25, 0.3) is 0 Å². The van der Waals surface area contributed by atoms with Crippen LogP contribution in [0.15, 0.2) is 146 Å². The molecule has 10 atom stereocenters. The van der Waals surface area contributed by atoms with Gasteiger partial charge in [0, 0.05) is 5.69 Å². The van der Waals surface area contributed by atoms with Gasteiger partial charge in [-0.25, -0.2) is 0 Å². The van der Waals surface area contributed by atoms with Crippen molar-refractivity contribution >= 4 is 41.3 Å². The number of quaternary nitrogens is 1. The van der Waals surface area contributed by atoms with Crippen molar-refractivity contribution in [3.63, 3.8) is 0 Å². The first-order chi connectivity index (χ1) is 37.7. The van der Waals surface area contributed by atoms with Crippen LogP contribution in [0, 0.1) is 11.8 Å². The van der Waals surface area contributed by atoms with Crippen molar-refractivity contribution in [2.75, 3.05) is 66.0 Å². The van der Waals surface area contributed by atoms with E-state index in [0.717, 1.165) is 35.0 Å². The number of rotatable bonds is 20. The number of morpholine rings is 1. The van der Waals surface area contributed by atoms with Gasteiger partial charge < -0.3 is 48.8 Å². The molecule has 0 aliphatic carbocycles. The third-order valence-corrected chi connectivity index (χ3v) is 15.7. The summed E-state index contributed by atoms with van der Waals surface area (Å²) in [6, 6.07) is 34.9. The Morgan fingerprint density at radius 2 is 1.44 bits per heavy atom. The lowest BCUT2D eigenvalue weighted by molar-refractivity contribution is -0.870. The molecule has 0 radical (unpaired) electrons. The molecular formula is C61H66N5O12+. The number of amides is 3. The molecule has 5 aliphatic rings. The Kier molecular flexibility index (Phi) is 15.5. The van der Waals surface area contributed by atoms with Crippen LogP contribution in [0.5, 0.6) is 11.5 Å². The standard InChI is InChI=1S/C61H65N5O12/c1-5-32-76-58(71)49-52-59(72)78-53(39-19-10-7-11-20-39)51(38-17-8-6-9-18-38)65(52)54(61(49)45-23-12-13-24-46(45)63-60(61)73)40-26-28-42(29-27-40)75-34-35-77-57(70)44-37-48-55(68)62-47(25-14-15-30-66(2,3)4)56(69)64(48)50(44)41-21-16-22-43(36-41)74-33-31-67/h5-13,16-24,26-29,36,44,47-54,67H,1,14-15,25,30-35,37H2,2-4H3,(H-,62,63,68,73)/p+1/t44-,47+,48-,49-,50-,51-,52-,53+,54+,61-/m1/s1. The number of aliphatic hydroxyl groups excluding tert-OH is 1. The Balaban J connectivity index is 0.926. The molecule has 78 heavy (non-hydrogen) atoms. The van der Waals surface area contributed by atoms with Crippen LogP contribution in [0.3, 0.4) is 0 Å². The van der Waals surface area contributed by atoms with E-state index in [-0.39, 0.29) is 51.3 Å². The number of carbonyl (C=O) groups excluding carboxylic acids is 6. The molecule has 0 unspecified atom stereocenters. The van der Waals surface area contributed by atoms with E-state index in [1.807, 2.05) is 83.8 Å². The van der Waals surface area contributed by atoms with E-state index >= 15 is 4.79 Å². The molecule has 17 nitrogen and oxygen atoms in total. The van der Waals surface area contributed by atoms with E-state index in [2.05, 4.69) is 38.4 Å². The van der Waals surface area contributed by atoms with Crippen LogP contribution < -0.4 is 20.1 Å². The van der Waals surface area contributed by atoms with Gasteiger partial charge in [-0.05, 0) is 83.8 Å². The molecule has 5 aromatic carbocycles. The summed E-state index contributed by atoms with van der Waals surface area (Å²) < 4.78 is 30.9. The van der Waals surface area contributed by atoms with Gasteiger partial charge in [-0.15, -0.1) is 0 Å². The molecule has 3 N–H and O–H groups in total. The minimum atomic E-state index is -1.70. The number of nitrogens with one attached hydrogen (secondary N) is 2. The van der Waals surface area contributed by atoms with Gasteiger partial charge in [-0.1, -0.05) is 116 Å². The van der Waals surface area contributed by atoms with Crippen LogP contribution in [0.2, 0.25) is 0 Å². The van der Waals surface area contributed by atoms with Crippen LogP contribution >= 0.6 is 0 Å². The largest absolute Gasteiger partial charge is 0.491 e. The van der Waals surface area contributed by atoms with Gasteiger partial charge >= 0.3 is 17.9 Å². The highest BCUT2D eigenvalue weighted by atomic mass is 16.6. The molecule has 4 saturated heterocycles. The molecule has 0 saturated carbocycles. The normalized spacial score (nSPS) is 26.3. The molecule has 17 heteroatoms. The number of para-hydroxylation sites is 1. The average molecular weight is 1060 g/mol. The SMILES string of the molecule is C=CCOC(=O)[C@H]1[C@@H]2C(=O)O[C@@H](c3ccccc3)[C@@H](c3ccccc3)N2[C@@H](c2ccc(OCCOC(=O)[C@@H]3C[C@@H]4C(=O)N[C@@H](CCCC[N+](C)(C)C)C(=O)N4[C@@H]3c3cccc(OCCO)c3)cc2)[C@]12C(=O)Nc1ccccc12. The van der Waals surface area contributed by atoms with E-state index < -0.39 is 83.4 Å². The number of piperazine rings is 1. The van der Waals surface area contributed by atoms with Crippen molar-refractivity contribution in [2.45, 2.75) is 73.5 Å². The molecule has 0 bridgehead atoms. The second-order valence-corrected chi connectivity index (χ2v) is 21.5. The number of nitrogens with zero attached hydrogens (tertiary/aromatic N) is 3. The number of esters is 3. The van der Waals surface area contributed by atoms with Crippen molar-refractivity contribution in [3.05, 3.63) is 174 Å². The smallest absolute Gasteiger partial charge is 0.325 e. The van der Waals surface area contributed by atoms with Gasteiger partial charge in [0.05, 0.1) is 58.3 Å². The third-order valence-electron chi connectivity index (χ3n) is 15.7. The number of unbranched alkanes of at least 4 members (excludes halogenated alkanes) is 1. The quantitative estimate of drug-likeness (QED) is 0.0258. The summed E-state index contributed by atoms with van der Waals surface area (Å²) in [5.74, 6) is -4.51. The zero-order chi connectivity index (χ0) is 54.7. The Morgan fingerprint density at radius 1 is 0.744 bits per heavy atom. The van der Waals surface area contributed by atoms with E-state index in [1.165, 1.54) is 6.08 Å². The number of carbonyl (C=O) groups is 6. The number of cyclic esters (lactones) is 1. The second-order valence-electron chi connectivity index (χ2n) is 21.5. The van der Waals surface area contributed by atoms with Crippen molar-refractivity contribution in [2.24, 2.45) is 11.8 Å². The predicted octanol–water partition coefficient (Wildman–Crippen LogP) is 6.31. The maximum atomic E-state index is 15.2. The summed E-state index contributed by atoms with van der Waals surface area (Å²) in [6.45, 7) is 4.11. The number of anilines is 1. The Bertz CT molecular complexity index is 3040. The molecular weight excluding hydrogens is 995 g/mol. The number of hydrogen-bond donors (Lipinski definition) is 3. The summed E-state index contributed by atoms with van der Waals surface area (Å²) in [6.07, 6.45) is 2.70. The molecule has 3 amide bonds. The second kappa shape index (κ2) is 22.6. The van der Waals surface area contributed by atoms with Crippen LogP contribution in [-0.4, -0.2) is 134 Å². The minimum absolute atomic E-state index is 0.0458. The average Bonchev–Trinajstić information content (AvgIpc) is 4.07. The monoisotopic (exact) mass is 1060 g/mol. The zero-order valence-electron chi connectivity index (χ0n) is 44.0. The maximum Gasteiger partial charge on any atom is 0.325 e. The van der Waals surface area contributed by atoms with Crippen molar-refractivity contribution < 1.29 is 62.0 Å². The first-order valence-electron chi connectivity index (χ1n) is 26.7. The highest BCUT2D eigenvalue weighted by Gasteiger charge is 2.74. The van der Waals surface area contributed by atoms with Crippen LogP contribution in [0.1, 0.15) is 77.7 Å². The highest BCUT2D eigenvalue weighted by Crippen LogP contribution is 2.65. The van der Waals surface area contributed by atoms with Gasteiger partial charge in [-0.3, -0.25) is 33.7 Å². The van der Waals surface area contributed by atoms with E-state index in [9.17, 15) is 29.1 Å². The predicted molar refractivity (Wildman–Crippen MR) is 286 cm³/mol. The lowest BCUT2D eigenvalue weighted by atomic mass is 9.65. The molecule has 5 aromatic rings. The van der Waals surface area contributed by atoms with Gasteiger partial charge in [0.25, 0.3) is 0 Å². The maximum absolute atomic E-state index is 15.2. The number of hydrogen-bond acceptors (Lipinski definition) is 13. The highest BCUT2D eigenvalue weighted by molar-refractivity contribution is 6.11. The van der Waals surface area contributed by atoms with Crippen LogP contribution in [0.4, 0.5) is 5.69 Å². The molecule has 0 aromatic heterocycles. The topological polar surface area (TPSA) is 199 Å². The number of ether oxygens (including phenoxy) is 5. The molecule has 406 valence electrons. The summed E-state index contributed by atoms with van der Waals surface area (Å²) in [4.78, 5) is 90.7. The molecule has 1 spiro atoms. The van der Waals surface area contributed by atoms with Crippen LogP contribution in [-0.2, 0) is 48.4 Å². The Labute approximate surface area is 453 Å². The van der Waals surface area contributed by atoms with E-state index in [0.29, 0.717) is 40.3 Å². The van der Waals surface area contributed by atoms with Crippen molar-refractivity contribution in [1.82, 2.24) is 15.1 Å². The fraction of sp³-hybridized carbons (Fsp3) is 0.377. The third kappa shape index (κ3) is 10.1. The summed E-state index contributed by atoms with van der Waals surface area (Å²) in [5, 5.41) is 15.5. The number of aliphatic hydroxyl groups is 1. The van der Waals surface area contributed by atoms with Gasteiger partial charge in [0.2, 0.25) is 17.7 Å². The first kappa shape index (κ1) is 53.5. The fourth-order valence-electron chi connectivity index (χ4n) is 12.5. The van der Waals surface area contributed by atoms with E-state index in [1.54, 1.807) is 59.5 Å². The van der Waals surface area contributed by atoms with Crippen molar-refractivity contribution in [1.29, 1.82) is 0 Å². The lowest BCUT2D eigenvalue weighted by Crippen LogP contribution is -2.61. The summed E-state index contributed by atoms with van der Waals surface area (Å²) >= 11 is 0. The first-order valence-corrected chi connectivity index (χ1v) is 26.7.